The molecule has 1 saturated heterocycles. The molecule has 256 valence electrons. The number of aliphatic hydroxyl groups excluding tert-OH is 1. The van der Waals surface area contributed by atoms with E-state index in [1.165, 1.54) is 13.8 Å². The lowest BCUT2D eigenvalue weighted by Crippen LogP contribution is -2.38. The quantitative estimate of drug-likeness (QED) is 0.108. The molecule has 1 heterocycles. The van der Waals surface area contributed by atoms with Crippen molar-refractivity contribution in [3.63, 3.8) is 0 Å². The van der Waals surface area contributed by atoms with Crippen molar-refractivity contribution >= 4 is 35.2 Å². The van der Waals surface area contributed by atoms with Gasteiger partial charge in [0.05, 0.1) is 18.8 Å². The number of ether oxygens (including phenoxy) is 3. The van der Waals surface area contributed by atoms with Gasteiger partial charge in [0.15, 0.2) is 12.4 Å². The fraction of sp³-hybridized carbons (Fsp3) is 0.308. The number of anilines is 1. The van der Waals surface area contributed by atoms with Gasteiger partial charge in [-0.3, -0.25) is 14.4 Å². The van der Waals surface area contributed by atoms with Crippen molar-refractivity contribution < 1.29 is 33.7 Å². The molecule has 49 heavy (non-hydrogen) atoms. The van der Waals surface area contributed by atoms with E-state index in [-0.39, 0.29) is 43.1 Å². The molecule has 4 aromatic rings. The smallest absolute Gasteiger partial charge is 0.303 e. The van der Waals surface area contributed by atoms with E-state index in [0.29, 0.717) is 5.75 Å². The van der Waals surface area contributed by atoms with Crippen LogP contribution >= 0.6 is 11.8 Å². The molecule has 0 bridgehead atoms. The third kappa shape index (κ3) is 9.57. The average molecular weight is 683 g/mol. The summed E-state index contributed by atoms with van der Waals surface area (Å²) in [7, 11) is 0. The van der Waals surface area contributed by atoms with Gasteiger partial charge in [-0.25, -0.2) is 0 Å². The van der Waals surface area contributed by atoms with Crippen LogP contribution in [0.25, 0.3) is 11.1 Å². The molecule has 5 rings (SSSR count). The Morgan fingerprint density at radius 3 is 2.20 bits per heavy atom. The van der Waals surface area contributed by atoms with Crippen molar-refractivity contribution in [2.45, 2.75) is 70.3 Å². The van der Waals surface area contributed by atoms with E-state index in [2.05, 4.69) is 17.6 Å². The Morgan fingerprint density at radius 1 is 0.878 bits per heavy atom. The highest BCUT2D eigenvalue weighted by Crippen LogP contribution is 2.43. The summed E-state index contributed by atoms with van der Waals surface area (Å²) in [4.78, 5) is 36.2. The van der Waals surface area contributed by atoms with Crippen molar-refractivity contribution in [3.05, 3.63) is 119 Å². The van der Waals surface area contributed by atoms with E-state index in [1.54, 1.807) is 18.7 Å². The van der Waals surface area contributed by atoms with E-state index in [0.717, 1.165) is 44.0 Å². The molecule has 2 amide bonds. The van der Waals surface area contributed by atoms with Crippen molar-refractivity contribution in [1.82, 2.24) is 5.32 Å². The number of hydrogen-bond donors (Lipinski definition) is 3. The van der Waals surface area contributed by atoms with Gasteiger partial charge in [-0.15, -0.1) is 11.8 Å². The van der Waals surface area contributed by atoms with Crippen LogP contribution in [0.15, 0.2) is 102 Å². The normalized spacial score (nSPS) is 19.4. The summed E-state index contributed by atoms with van der Waals surface area (Å²) in [6, 6.07) is 31.5. The summed E-state index contributed by atoms with van der Waals surface area (Å²) >= 11 is 1.69. The minimum absolute atomic E-state index is 0.0255. The fourth-order valence-electron chi connectivity index (χ4n) is 5.73. The summed E-state index contributed by atoms with van der Waals surface area (Å²) in [5.74, 6) is -0.251. The number of hydrogen-bond acceptors (Lipinski definition) is 8. The molecule has 10 heteroatoms. The Balaban J connectivity index is 1.33. The van der Waals surface area contributed by atoms with Crippen LogP contribution in [-0.4, -0.2) is 40.9 Å². The SMILES string of the molecule is CC(=O)Nc1ccc(SCC2OC(c3ccc(-c4ccccc4CNC(=O)C(C)OC(C)=O)cc3)OC(c3ccc(CO)cc3)C2C)cc1. The third-order valence-electron chi connectivity index (χ3n) is 8.39. The fourth-order valence-corrected chi connectivity index (χ4v) is 6.80. The second kappa shape index (κ2) is 16.8. The van der Waals surface area contributed by atoms with Gasteiger partial charge in [-0.1, -0.05) is 79.7 Å². The molecule has 0 radical (unpaired) electrons. The van der Waals surface area contributed by atoms with Crippen LogP contribution in [0.1, 0.15) is 62.3 Å². The summed E-state index contributed by atoms with van der Waals surface area (Å²) in [6.45, 7) is 6.70. The van der Waals surface area contributed by atoms with Gasteiger partial charge >= 0.3 is 5.97 Å². The molecular weight excluding hydrogens is 641 g/mol. The van der Waals surface area contributed by atoms with Crippen LogP contribution in [0, 0.1) is 5.92 Å². The number of thioether (sulfide) groups is 1. The maximum Gasteiger partial charge on any atom is 0.303 e. The maximum absolute atomic E-state index is 12.5. The van der Waals surface area contributed by atoms with Crippen LogP contribution < -0.4 is 10.6 Å². The summed E-state index contributed by atoms with van der Waals surface area (Å²) < 4.78 is 18.3. The average Bonchev–Trinajstić information content (AvgIpc) is 3.10. The van der Waals surface area contributed by atoms with Gasteiger partial charge in [0, 0.05) is 48.2 Å². The molecule has 0 aliphatic carbocycles. The Labute approximate surface area is 291 Å². The van der Waals surface area contributed by atoms with Gasteiger partial charge in [-0.2, -0.15) is 0 Å². The summed E-state index contributed by atoms with van der Waals surface area (Å²) in [5, 5.41) is 15.2. The molecule has 4 aromatic carbocycles. The first kappa shape index (κ1) is 35.8. The van der Waals surface area contributed by atoms with E-state index in [1.807, 2.05) is 97.1 Å². The van der Waals surface area contributed by atoms with Crippen LogP contribution in [0.2, 0.25) is 0 Å². The van der Waals surface area contributed by atoms with E-state index in [9.17, 15) is 19.5 Å². The Kier molecular flexibility index (Phi) is 12.2. The van der Waals surface area contributed by atoms with Crippen molar-refractivity contribution in [1.29, 1.82) is 0 Å². The van der Waals surface area contributed by atoms with Crippen LogP contribution in [0.5, 0.6) is 0 Å². The zero-order valence-corrected chi connectivity index (χ0v) is 28.9. The maximum atomic E-state index is 12.5. The highest BCUT2D eigenvalue weighted by molar-refractivity contribution is 7.99. The number of carbonyl (C=O) groups excluding carboxylic acids is 3. The zero-order valence-electron chi connectivity index (χ0n) is 28.1. The van der Waals surface area contributed by atoms with Crippen molar-refractivity contribution in [3.8, 4) is 11.1 Å². The van der Waals surface area contributed by atoms with Crippen LogP contribution in [-0.2, 0) is 41.7 Å². The van der Waals surface area contributed by atoms with Gasteiger partial charge < -0.3 is 30.0 Å². The summed E-state index contributed by atoms with van der Waals surface area (Å²) in [5.41, 5.74) is 6.34. The minimum Gasteiger partial charge on any atom is -0.453 e. The number of benzene rings is 4. The molecule has 0 aromatic heterocycles. The predicted octanol–water partition coefficient (Wildman–Crippen LogP) is 6.96. The van der Waals surface area contributed by atoms with Gasteiger partial charge in [0.1, 0.15) is 0 Å². The van der Waals surface area contributed by atoms with Crippen LogP contribution in [0.4, 0.5) is 5.69 Å². The first-order valence-corrected chi connectivity index (χ1v) is 17.2. The molecule has 5 atom stereocenters. The predicted molar refractivity (Wildman–Crippen MR) is 189 cm³/mol. The number of rotatable bonds is 12. The molecular formula is C39H42N2O7S. The van der Waals surface area contributed by atoms with Gasteiger partial charge in [0.2, 0.25) is 5.91 Å². The molecule has 5 unspecified atom stereocenters. The largest absolute Gasteiger partial charge is 0.453 e. The number of nitrogens with one attached hydrogen (secondary N) is 2. The Hall–Kier alpha value is -4.48. The number of amides is 2. The van der Waals surface area contributed by atoms with E-state index >= 15 is 0 Å². The molecule has 3 N–H and O–H groups in total. The lowest BCUT2D eigenvalue weighted by Gasteiger charge is -2.41. The van der Waals surface area contributed by atoms with Gasteiger partial charge in [0.25, 0.3) is 5.91 Å². The third-order valence-corrected chi connectivity index (χ3v) is 9.49. The highest BCUT2D eigenvalue weighted by atomic mass is 32.2. The van der Waals surface area contributed by atoms with Crippen LogP contribution in [0.3, 0.4) is 0 Å². The number of aliphatic hydroxyl groups is 1. The lowest BCUT2D eigenvalue weighted by molar-refractivity contribution is -0.268. The monoisotopic (exact) mass is 682 g/mol. The first-order valence-electron chi connectivity index (χ1n) is 16.3. The van der Waals surface area contributed by atoms with E-state index in [4.69, 9.17) is 14.2 Å². The second-order valence-corrected chi connectivity index (χ2v) is 13.2. The number of esters is 1. The van der Waals surface area contributed by atoms with Crippen molar-refractivity contribution in [2.24, 2.45) is 5.92 Å². The molecule has 1 aliphatic heterocycles. The molecule has 0 saturated carbocycles. The summed E-state index contributed by atoms with van der Waals surface area (Å²) in [6.07, 6.45) is -1.87. The molecule has 1 aliphatic rings. The minimum atomic E-state index is -0.878. The second-order valence-electron chi connectivity index (χ2n) is 12.1. The Morgan fingerprint density at radius 2 is 1.55 bits per heavy atom. The zero-order chi connectivity index (χ0) is 34.9. The van der Waals surface area contributed by atoms with E-state index < -0.39 is 18.4 Å². The topological polar surface area (TPSA) is 123 Å². The molecule has 0 spiro atoms. The highest BCUT2D eigenvalue weighted by Gasteiger charge is 2.38. The Bertz CT molecular complexity index is 1730. The lowest BCUT2D eigenvalue weighted by atomic mass is 9.91. The standard InChI is InChI=1S/C39H42N2O7S/c1-24-36(23-49-34-19-17-33(18-20-34)41-26(3)43)47-39(48-37(24)30-11-9-28(22-42)10-12-30)31-15-13-29(14-16-31)35-8-6-5-7-32(35)21-40-38(45)25(2)46-27(4)44/h5-20,24-25,36-37,39,42H,21-23H2,1-4H3,(H,40,45)(H,41,43). The van der Waals surface area contributed by atoms with Gasteiger partial charge in [-0.05, 0) is 59.0 Å². The molecule has 1 fully saturated rings. The molecule has 9 nitrogen and oxygen atoms in total. The number of carbonyl (C=O) groups is 3. The van der Waals surface area contributed by atoms with Crippen molar-refractivity contribution in [2.75, 3.05) is 11.1 Å². The first-order chi connectivity index (χ1) is 23.6.